The molecule has 0 atom stereocenters. The standard InChI is InChI=1S/C21H23N3O3/c1-21(2)17-16(6-9-22-18(17)23-19(21)25)15-5-3-4-14(12-15)13-7-10-24(11-8-13)20(26)27/h3-6,9,12-13H,7-8,10-11H2,1-2H3,(H,26,27)(H,22,23,25). The molecule has 2 amide bonds. The molecule has 6 nitrogen and oxygen atoms in total. The average Bonchev–Trinajstić information content (AvgIpc) is 2.91. The number of carboxylic acid groups (broad SMARTS) is 1. The van der Waals surface area contributed by atoms with E-state index >= 15 is 0 Å². The number of piperidine rings is 1. The van der Waals surface area contributed by atoms with Gasteiger partial charge in [0.25, 0.3) is 0 Å². The van der Waals surface area contributed by atoms with E-state index in [-0.39, 0.29) is 5.91 Å². The molecule has 0 bridgehead atoms. The SMILES string of the molecule is CC1(C)C(=O)Nc2nccc(-c3cccc(C4CCN(C(=O)O)CC4)c3)c21. The molecule has 1 saturated heterocycles. The van der Waals surface area contributed by atoms with Crippen LogP contribution in [0.3, 0.4) is 0 Å². The Kier molecular flexibility index (Phi) is 4.13. The van der Waals surface area contributed by atoms with Gasteiger partial charge in [0.05, 0.1) is 5.41 Å². The lowest BCUT2D eigenvalue weighted by Gasteiger charge is -2.30. The van der Waals surface area contributed by atoms with Gasteiger partial charge in [-0.05, 0) is 55.4 Å². The zero-order valence-electron chi connectivity index (χ0n) is 15.5. The van der Waals surface area contributed by atoms with Crippen LogP contribution < -0.4 is 5.32 Å². The maximum absolute atomic E-state index is 12.3. The van der Waals surface area contributed by atoms with Crippen LogP contribution in [0.25, 0.3) is 11.1 Å². The first-order valence-electron chi connectivity index (χ1n) is 9.27. The molecule has 0 aliphatic carbocycles. The van der Waals surface area contributed by atoms with Crippen LogP contribution >= 0.6 is 0 Å². The molecule has 1 aromatic carbocycles. The van der Waals surface area contributed by atoms with E-state index in [1.165, 1.54) is 10.5 Å². The fourth-order valence-corrected chi connectivity index (χ4v) is 4.17. The van der Waals surface area contributed by atoms with Gasteiger partial charge >= 0.3 is 6.09 Å². The second-order valence-electron chi connectivity index (χ2n) is 7.83. The molecule has 0 saturated carbocycles. The summed E-state index contributed by atoms with van der Waals surface area (Å²) in [6, 6.07) is 10.4. The predicted molar refractivity (Wildman–Crippen MR) is 103 cm³/mol. The van der Waals surface area contributed by atoms with E-state index in [2.05, 4.69) is 28.5 Å². The number of carbonyl (C=O) groups is 2. The van der Waals surface area contributed by atoms with Crippen molar-refractivity contribution in [3.8, 4) is 11.1 Å². The molecule has 1 aromatic heterocycles. The highest BCUT2D eigenvalue weighted by atomic mass is 16.4. The quantitative estimate of drug-likeness (QED) is 0.847. The normalized spacial score (nSPS) is 18.9. The molecule has 27 heavy (non-hydrogen) atoms. The number of rotatable bonds is 2. The van der Waals surface area contributed by atoms with Gasteiger partial charge in [0.15, 0.2) is 0 Å². The Balaban J connectivity index is 1.67. The van der Waals surface area contributed by atoms with Crippen molar-refractivity contribution in [3.05, 3.63) is 47.7 Å². The second-order valence-corrected chi connectivity index (χ2v) is 7.83. The lowest BCUT2D eigenvalue weighted by Crippen LogP contribution is -2.36. The van der Waals surface area contributed by atoms with Gasteiger partial charge in [-0.1, -0.05) is 24.3 Å². The lowest BCUT2D eigenvalue weighted by atomic mass is 9.81. The van der Waals surface area contributed by atoms with Crippen molar-refractivity contribution >= 4 is 17.8 Å². The van der Waals surface area contributed by atoms with Crippen LogP contribution in [0.2, 0.25) is 0 Å². The summed E-state index contributed by atoms with van der Waals surface area (Å²) in [5, 5.41) is 12.0. The number of aromatic nitrogens is 1. The Morgan fingerprint density at radius 1 is 1.26 bits per heavy atom. The van der Waals surface area contributed by atoms with Gasteiger partial charge in [-0.2, -0.15) is 0 Å². The molecular formula is C21H23N3O3. The Morgan fingerprint density at radius 3 is 2.70 bits per heavy atom. The number of pyridine rings is 1. The number of nitrogens with one attached hydrogen (secondary N) is 1. The zero-order chi connectivity index (χ0) is 19.2. The van der Waals surface area contributed by atoms with Crippen LogP contribution in [0.1, 0.15) is 43.7 Å². The van der Waals surface area contributed by atoms with Crippen molar-refractivity contribution in [3.63, 3.8) is 0 Å². The highest BCUT2D eigenvalue weighted by Crippen LogP contribution is 2.43. The van der Waals surface area contributed by atoms with Gasteiger partial charge in [-0.25, -0.2) is 9.78 Å². The first-order chi connectivity index (χ1) is 12.9. The summed E-state index contributed by atoms with van der Waals surface area (Å²) in [6.07, 6.45) is 2.55. The van der Waals surface area contributed by atoms with E-state index in [1.807, 2.05) is 26.0 Å². The number of hydrogen-bond acceptors (Lipinski definition) is 3. The minimum absolute atomic E-state index is 0.0327. The van der Waals surface area contributed by atoms with Crippen molar-refractivity contribution in [1.82, 2.24) is 9.88 Å². The molecule has 2 N–H and O–H groups in total. The van der Waals surface area contributed by atoms with E-state index in [0.29, 0.717) is 24.8 Å². The third-order valence-corrected chi connectivity index (χ3v) is 5.81. The first kappa shape index (κ1) is 17.5. The molecule has 1 fully saturated rings. The summed E-state index contributed by atoms with van der Waals surface area (Å²) < 4.78 is 0. The van der Waals surface area contributed by atoms with Gasteiger partial charge in [-0.3, -0.25) is 4.79 Å². The third-order valence-electron chi connectivity index (χ3n) is 5.81. The van der Waals surface area contributed by atoms with Gasteiger partial charge < -0.3 is 15.3 Å². The van der Waals surface area contributed by atoms with Crippen LogP contribution in [0.5, 0.6) is 0 Å². The van der Waals surface area contributed by atoms with E-state index in [4.69, 9.17) is 5.11 Å². The molecule has 0 unspecified atom stereocenters. The molecule has 3 heterocycles. The Morgan fingerprint density at radius 2 is 2.00 bits per heavy atom. The molecule has 2 aliphatic heterocycles. The minimum atomic E-state index is -0.839. The summed E-state index contributed by atoms with van der Waals surface area (Å²) in [5.41, 5.74) is 3.62. The Bertz CT molecular complexity index is 915. The maximum Gasteiger partial charge on any atom is 0.407 e. The molecule has 6 heteroatoms. The predicted octanol–water partition coefficient (Wildman–Crippen LogP) is 3.84. The smallest absolute Gasteiger partial charge is 0.407 e. The number of amides is 2. The highest BCUT2D eigenvalue weighted by molar-refractivity contribution is 6.06. The topological polar surface area (TPSA) is 82.5 Å². The largest absolute Gasteiger partial charge is 0.465 e. The van der Waals surface area contributed by atoms with Crippen LogP contribution in [-0.4, -0.2) is 40.1 Å². The number of hydrogen-bond donors (Lipinski definition) is 2. The first-order valence-corrected chi connectivity index (χ1v) is 9.27. The fourth-order valence-electron chi connectivity index (χ4n) is 4.17. The number of nitrogens with zero attached hydrogens (tertiary/aromatic N) is 2. The monoisotopic (exact) mass is 365 g/mol. The molecule has 2 aliphatic rings. The number of fused-ring (bicyclic) bond motifs is 1. The number of anilines is 1. The Hall–Kier alpha value is -2.89. The summed E-state index contributed by atoms with van der Waals surface area (Å²) in [5.74, 6) is 0.959. The molecule has 0 radical (unpaired) electrons. The van der Waals surface area contributed by atoms with Crippen LogP contribution in [0, 0.1) is 0 Å². The number of likely N-dealkylation sites (tertiary alicyclic amines) is 1. The zero-order valence-corrected chi connectivity index (χ0v) is 15.5. The van der Waals surface area contributed by atoms with Gasteiger partial charge in [-0.15, -0.1) is 0 Å². The van der Waals surface area contributed by atoms with Gasteiger partial charge in [0.1, 0.15) is 5.82 Å². The van der Waals surface area contributed by atoms with E-state index in [0.717, 1.165) is 29.5 Å². The van der Waals surface area contributed by atoms with E-state index < -0.39 is 11.5 Å². The minimum Gasteiger partial charge on any atom is -0.465 e. The summed E-state index contributed by atoms with van der Waals surface area (Å²) in [6.45, 7) is 4.98. The lowest BCUT2D eigenvalue weighted by molar-refractivity contribution is -0.119. The number of benzene rings is 1. The van der Waals surface area contributed by atoms with E-state index in [9.17, 15) is 9.59 Å². The summed E-state index contributed by atoms with van der Waals surface area (Å²) in [7, 11) is 0. The molecule has 2 aromatic rings. The van der Waals surface area contributed by atoms with Crippen molar-refractivity contribution < 1.29 is 14.7 Å². The van der Waals surface area contributed by atoms with Crippen molar-refractivity contribution in [2.45, 2.75) is 38.0 Å². The average molecular weight is 365 g/mol. The summed E-state index contributed by atoms with van der Waals surface area (Å²) >= 11 is 0. The Labute approximate surface area is 158 Å². The summed E-state index contributed by atoms with van der Waals surface area (Å²) in [4.78, 5) is 29.3. The fraction of sp³-hybridized carbons (Fsp3) is 0.381. The number of carbonyl (C=O) groups excluding carboxylic acids is 1. The van der Waals surface area contributed by atoms with Crippen LogP contribution in [-0.2, 0) is 10.2 Å². The molecule has 140 valence electrons. The van der Waals surface area contributed by atoms with Gasteiger partial charge in [0, 0.05) is 24.8 Å². The van der Waals surface area contributed by atoms with Crippen LogP contribution in [0.15, 0.2) is 36.5 Å². The molecule has 4 rings (SSSR count). The van der Waals surface area contributed by atoms with Crippen molar-refractivity contribution in [1.29, 1.82) is 0 Å². The highest BCUT2D eigenvalue weighted by Gasteiger charge is 2.41. The molecule has 0 spiro atoms. The third kappa shape index (κ3) is 2.95. The van der Waals surface area contributed by atoms with Gasteiger partial charge in [0.2, 0.25) is 5.91 Å². The van der Waals surface area contributed by atoms with Crippen molar-refractivity contribution in [2.75, 3.05) is 18.4 Å². The molecular weight excluding hydrogens is 342 g/mol. The van der Waals surface area contributed by atoms with Crippen molar-refractivity contribution in [2.24, 2.45) is 0 Å². The maximum atomic E-state index is 12.3. The van der Waals surface area contributed by atoms with Crippen LogP contribution in [0.4, 0.5) is 10.6 Å². The second kappa shape index (κ2) is 6.37. The van der Waals surface area contributed by atoms with E-state index in [1.54, 1.807) is 6.20 Å².